The second-order valence-electron chi connectivity index (χ2n) is 19.8. The number of H-pyrrole nitrogens is 4. The molecular weight excluding hydrogens is 1230 g/mol. The molecule has 0 amide bonds. The predicted octanol–water partition coefficient (Wildman–Crippen LogP) is -0.272. The van der Waals surface area contributed by atoms with Crippen LogP contribution in [0.4, 0.5) is 0 Å². The number of hydrogen-bond acceptors (Lipinski definition) is 24. The SMILES string of the molecule is [2H]C[C@H]1O[C@@H](n2cc(C)c(=O)[nH]c2=O)CC1OP(O)(=S)OC[C@H]1O[C@@H](n2cc(C)c(=O)[nH]c2=O)CC1OP(O)(=S)OC[C@H]1O[C@@H](n2cc(C)c(=O)[nH]c2=O)CC1OP(O)(=S)OC[C@H]1O[C@@H](n2cc(C)c(=O)[nH]c2=O)CC1OC(=O)CCC(C)=O. The highest BCUT2D eigenvalue weighted by Crippen LogP contribution is 2.54. The van der Waals surface area contributed by atoms with Crippen LogP contribution in [0, 0.1) is 27.7 Å². The summed E-state index contributed by atoms with van der Waals surface area (Å²) in [5.41, 5.74) is -5.53. The molecule has 32 nitrogen and oxygen atoms in total. The van der Waals surface area contributed by atoms with Gasteiger partial charge in [-0.15, -0.1) is 0 Å². The number of nitrogens with zero attached hydrogens (tertiary/aromatic N) is 4. The summed E-state index contributed by atoms with van der Waals surface area (Å²) >= 11 is 16.2. The molecule has 0 aromatic carbocycles. The van der Waals surface area contributed by atoms with E-state index in [2.05, 4.69) is 19.9 Å². The molecule has 4 saturated heterocycles. The third kappa shape index (κ3) is 16.0. The number of rotatable bonds is 23. The highest BCUT2D eigenvalue weighted by Gasteiger charge is 2.47. The molecule has 4 fully saturated rings. The standard InChI is InChI=1S/C45H59N8O24P3S3/c1-20-13-50(42(60)46-38(20)56)33-9-26(25(6)70-33)75-78(64,81)68-18-31-28(11-35(72-31)52-15-22(3)40(58)48-44(52)62)77-80(66,83)69-19-32-29(12-36(73-32)53-16-23(4)41(59)49-45(53)63)76-79(65,82)67-17-30-27(74-37(55)8-7-24(5)54)10-34(71-30)51-14-21(2)39(57)47-43(51)61/h13-16,25-36H,7-12,17-19H2,1-6H3,(H,64,81)(H,65,82)(H,66,83)(H,46,56,60)(H,47,57,61)(H,48,58,62)(H,49,59,63)/t25-,26?,27?,28?,29?,30-,31-,32-,33-,34-,35-,36-,78?,79?,80?/m1/s1/i6D. The van der Waals surface area contributed by atoms with Crippen molar-refractivity contribution in [3.63, 3.8) is 0 Å². The summed E-state index contributed by atoms with van der Waals surface area (Å²) in [7, 11) is 0. The van der Waals surface area contributed by atoms with Gasteiger partial charge in [0.1, 0.15) is 55.1 Å². The zero-order valence-corrected chi connectivity index (χ0v) is 49.7. The fraction of sp³-hybridized carbons (Fsp3) is 0.600. The van der Waals surface area contributed by atoms with Crippen LogP contribution in [0.3, 0.4) is 0 Å². The van der Waals surface area contributed by atoms with E-state index in [-0.39, 0.29) is 66.6 Å². The van der Waals surface area contributed by atoms with Crippen LogP contribution in [0.5, 0.6) is 0 Å². The quantitative estimate of drug-likeness (QED) is 0.0371. The first-order valence-electron chi connectivity index (χ1n) is 25.9. The average Bonchev–Trinajstić information content (AvgIpc) is 3.13. The summed E-state index contributed by atoms with van der Waals surface area (Å²) in [6.45, 7) is -8.75. The highest BCUT2D eigenvalue weighted by atomic mass is 32.5. The molecule has 7 N–H and O–H groups in total. The highest BCUT2D eigenvalue weighted by molar-refractivity contribution is 8.07. The zero-order chi connectivity index (χ0) is 61.3. The van der Waals surface area contributed by atoms with Crippen LogP contribution in [0.15, 0.2) is 63.1 Å². The van der Waals surface area contributed by atoms with Crippen LogP contribution in [-0.2, 0) is 95.8 Å². The Labute approximate surface area is 484 Å². The second-order valence-corrected chi connectivity index (χ2v) is 28.2. The van der Waals surface area contributed by atoms with Gasteiger partial charge in [0.2, 0.25) is 0 Å². The van der Waals surface area contributed by atoms with Gasteiger partial charge >= 0.3 is 48.9 Å². The van der Waals surface area contributed by atoms with Crippen LogP contribution in [0.25, 0.3) is 0 Å². The van der Waals surface area contributed by atoms with E-state index in [4.69, 9.17) is 87.6 Å². The van der Waals surface area contributed by atoms with Gasteiger partial charge in [-0.2, -0.15) is 0 Å². The average molecular weight is 1290 g/mol. The zero-order valence-electron chi connectivity index (χ0n) is 45.6. The maximum Gasteiger partial charge on any atom is 0.330 e. The first kappa shape index (κ1) is 62.8. The molecule has 38 heteroatoms. The van der Waals surface area contributed by atoms with E-state index in [0.717, 1.165) is 18.3 Å². The number of aromatic nitrogens is 8. The Morgan fingerprint density at radius 3 is 1.17 bits per heavy atom. The molecule has 15 atom stereocenters. The molecule has 0 saturated carbocycles. The number of carbonyl (C=O) groups excluding carboxylic acids is 2. The fourth-order valence-electron chi connectivity index (χ4n) is 9.21. The molecular formula is C45H59N8O24P3S3. The summed E-state index contributed by atoms with van der Waals surface area (Å²) < 4.78 is 77.1. The largest absolute Gasteiger partial charge is 0.459 e. The van der Waals surface area contributed by atoms with Crippen molar-refractivity contribution in [3.8, 4) is 0 Å². The van der Waals surface area contributed by atoms with E-state index in [1.807, 2.05) is 0 Å². The van der Waals surface area contributed by atoms with Gasteiger partial charge < -0.3 is 70.3 Å². The Balaban J connectivity index is 0.981. The normalized spacial score (nSPS) is 28.6. The van der Waals surface area contributed by atoms with Crippen LogP contribution in [-0.4, -0.2) is 133 Å². The lowest BCUT2D eigenvalue weighted by molar-refractivity contribution is -0.153. The first-order chi connectivity index (χ1) is 39.4. The van der Waals surface area contributed by atoms with Gasteiger partial charge in [0.15, 0.2) is 0 Å². The predicted molar refractivity (Wildman–Crippen MR) is 296 cm³/mol. The first-order valence-corrected chi connectivity index (χ1v) is 33.0. The lowest BCUT2D eigenvalue weighted by Crippen LogP contribution is -2.33. The number of hydrogen-bond donors (Lipinski definition) is 7. The second kappa shape index (κ2) is 26.1. The van der Waals surface area contributed by atoms with Gasteiger partial charge in [-0.05, 0) is 76.9 Å². The molecule has 4 aromatic rings. The van der Waals surface area contributed by atoms with Crippen LogP contribution >= 0.6 is 20.2 Å². The van der Waals surface area contributed by atoms with Gasteiger partial charge in [0, 0.05) is 80.5 Å². The summed E-state index contributed by atoms with van der Waals surface area (Å²) in [5, 5.41) is 0. The number of ether oxygens (including phenoxy) is 5. The Hall–Kier alpha value is -4.71. The molecule has 4 aromatic heterocycles. The van der Waals surface area contributed by atoms with Crippen LogP contribution < -0.4 is 45.0 Å². The van der Waals surface area contributed by atoms with Crippen molar-refractivity contribution >= 4 is 67.3 Å². The van der Waals surface area contributed by atoms with Crippen molar-refractivity contribution in [2.24, 2.45) is 0 Å². The van der Waals surface area contributed by atoms with E-state index in [0.29, 0.717) is 0 Å². The van der Waals surface area contributed by atoms with Crippen molar-refractivity contribution in [1.29, 1.82) is 0 Å². The van der Waals surface area contributed by atoms with Crippen molar-refractivity contribution in [1.82, 2.24) is 38.2 Å². The maximum atomic E-state index is 13.1. The number of Topliss-reactive ketones (excluding diaryl/α,β-unsaturated/α-hetero) is 1. The lowest BCUT2D eigenvalue weighted by Gasteiger charge is -2.28. The molecule has 8 heterocycles. The monoisotopic (exact) mass is 1290 g/mol. The molecule has 0 aliphatic carbocycles. The Morgan fingerprint density at radius 1 is 0.530 bits per heavy atom. The number of nitrogens with one attached hydrogen (secondary N) is 4. The van der Waals surface area contributed by atoms with Gasteiger partial charge in [0.25, 0.3) is 22.2 Å². The van der Waals surface area contributed by atoms with E-state index < -0.39 is 172 Å². The summed E-state index contributed by atoms with van der Waals surface area (Å²) in [5.74, 6) is -1.08. The van der Waals surface area contributed by atoms with E-state index >= 15 is 0 Å². The van der Waals surface area contributed by atoms with Crippen LogP contribution in [0.1, 0.15) is 101 Å². The minimum absolute atomic E-state index is 0.1000. The molecule has 8 rings (SSSR count). The van der Waals surface area contributed by atoms with Crippen molar-refractivity contribution < 1.29 is 76.5 Å². The smallest absolute Gasteiger partial charge is 0.330 e. The Bertz CT molecular complexity index is 3810. The summed E-state index contributed by atoms with van der Waals surface area (Å²) in [6.07, 6.45) is -11.1. The van der Waals surface area contributed by atoms with Gasteiger partial charge in [-0.1, -0.05) is 0 Å². The van der Waals surface area contributed by atoms with Gasteiger partial charge in [-0.3, -0.25) is 62.2 Å². The molecule has 0 radical (unpaired) electrons. The number of esters is 1. The maximum absolute atomic E-state index is 13.1. The molecule has 83 heavy (non-hydrogen) atoms. The number of aromatic amines is 4. The van der Waals surface area contributed by atoms with E-state index in [1.54, 1.807) is 0 Å². The van der Waals surface area contributed by atoms with Gasteiger partial charge in [0.05, 0.1) is 50.7 Å². The third-order valence-corrected chi connectivity index (χ3v) is 18.3. The molecule has 7 unspecified atom stereocenters. The number of ketones is 1. The van der Waals surface area contributed by atoms with Crippen LogP contribution in [0.2, 0.25) is 0 Å². The van der Waals surface area contributed by atoms with Gasteiger partial charge in [-0.25, -0.2) is 19.2 Å². The topological polar surface area (TPSA) is 416 Å². The molecule has 4 aliphatic rings. The minimum Gasteiger partial charge on any atom is -0.459 e. The number of carbonyl (C=O) groups is 2. The summed E-state index contributed by atoms with van der Waals surface area (Å²) in [6, 6.07) is 0. The molecule has 0 bridgehead atoms. The summed E-state index contributed by atoms with van der Waals surface area (Å²) in [4.78, 5) is 168. The fourth-order valence-corrected chi connectivity index (χ4v) is 13.6. The van der Waals surface area contributed by atoms with Crippen molar-refractivity contribution in [2.75, 3.05) is 19.8 Å². The minimum atomic E-state index is -4.55. The van der Waals surface area contributed by atoms with Crippen molar-refractivity contribution in [2.45, 2.75) is 154 Å². The lowest BCUT2D eigenvalue weighted by atomic mass is 10.1. The van der Waals surface area contributed by atoms with Crippen molar-refractivity contribution in [3.05, 3.63) is 130 Å². The van der Waals surface area contributed by atoms with E-state index in [9.17, 15) is 62.6 Å². The third-order valence-electron chi connectivity index (χ3n) is 13.5. The molecule has 0 spiro atoms. The molecule has 456 valence electrons. The number of aryl methyl sites for hydroxylation is 4. The Morgan fingerprint density at radius 2 is 0.831 bits per heavy atom. The molecule has 4 aliphatic heterocycles. The Kier molecular flexibility index (Phi) is 19.7. The van der Waals surface area contributed by atoms with E-state index in [1.165, 1.54) is 59.4 Å².